The van der Waals surface area contributed by atoms with E-state index in [0.717, 1.165) is 10.0 Å². The second-order valence-electron chi connectivity index (χ2n) is 6.52. The van der Waals surface area contributed by atoms with E-state index in [1.807, 2.05) is 32.0 Å². The number of aromatic nitrogens is 4. The summed E-state index contributed by atoms with van der Waals surface area (Å²) < 4.78 is 6.81. The molecule has 0 atom stereocenters. The van der Waals surface area contributed by atoms with Crippen LogP contribution < -0.4 is 15.9 Å². The molecule has 0 bridgehead atoms. The second-order valence-corrected chi connectivity index (χ2v) is 7.43. The van der Waals surface area contributed by atoms with E-state index in [-0.39, 0.29) is 17.2 Å². The molecule has 0 amide bonds. The van der Waals surface area contributed by atoms with Crippen molar-refractivity contribution in [2.24, 2.45) is 0 Å². The van der Waals surface area contributed by atoms with Crippen LogP contribution in [0, 0.1) is 13.8 Å². The number of ether oxygens (including phenoxy) is 1. The van der Waals surface area contributed by atoms with Crippen LogP contribution in [0.4, 0.5) is 0 Å². The Morgan fingerprint density at radius 1 is 0.923 bits per heavy atom. The molecule has 0 fully saturated rings. The van der Waals surface area contributed by atoms with Gasteiger partial charge in [-0.05, 0) is 45.9 Å². The Balaban J connectivity index is 2.35. The maximum absolute atomic E-state index is 12.5. The van der Waals surface area contributed by atoms with E-state index in [4.69, 9.17) is 4.74 Å². The van der Waals surface area contributed by atoms with Gasteiger partial charge in [0, 0.05) is 21.4 Å². The smallest absolute Gasteiger partial charge is 0.268 e. The first kappa shape index (κ1) is 18.3. The fourth-order valence-electron chi connectivity index (χ4n) is 3.17. The quantitative estimate of drug-likeness (QED) is 0.509. The van der Waals surface area contributed by atoms with Crippen LogP contribution in [0.3, 0.4) is 0 Å². The average Bonchev–Trinajstić information content (AvgIpc) is 3.07. The van der Waals surface area contributed by atoms with E-state index in [9.17, 15) is 9.59 Å². The van der Waals surface area contributed by atoms with Gasteiger partial charge in [-0.2, -0.15) is 0 Å². The largest absolute Gasteiger partial charge is 0.491 e. The van der Waals surface area contributed by atoms with E-state index in [1.165, 1.54) is 0 Å². The van der Waals surface area contributed by atoms with Crippen molar-refractivity contribution < 1.29 is 4.74 Å². The summed E-state index contributed by atoms with van der Waals surface area (Å²) in [7, 11) is 0. The van der Waals surface area contributed by atoms with Crippen molar-refractivity contribution in [1.29, 1.82) is 0 Å². The zero-order valence-corrected chi connectivity index (χ0v) is 16.6. The Morgan fingerprint density at radius 3 is 1.88 bits per heavy atom. The molecule has 3 aromatic rings. The lowest BCUT2D eigenvalue weighted by molar-refractivity contribution is 0.239. The number of aromatic amines is 4. The van der Waals surface area contributed by atoms with Crippen LogP contribution in [0.2, 0.25) is 0 Å². The molecular weight excluding hydrogens is 400 g/mol. The molecule has 0 saturated carbocycles. The van der Waals surface area contributed by atoms with Crippen LogP contribution in [-0.2, 0) is 0 Å². The Kier molecular flexibility index (Phi) is 4.95. The lowest BCUT2D eigenvalue weighted by atomic mass is 9.85. The average molecular weight is 421 g/mol. The van der Waals surface area contributed by atoms with Crippen molar-refractivity contribution in [3.8, 4) is 5.75 Å². The number of halogens is 1. The van der Waals surface area contributed by atoms with Gasteiger partial charge in [0.05, 0.1) is 23.1 Å². The van der Waals surface area contributed by atoms with Crippen LogP contribution in [0.1, 0.15) is 47.8 Å². The van der Waals surface area contributed by atoms with E-state index in [1.54, 1.807) is 13.8 Å². The summed E-state index contributed by atoms with van der Waals surface area (Å²) in [5, 5.41) is 10.9. The molecule has 1 aromatic carbocycles. The van der Waals surface area contributed by atoms with Gasteiger partial charge in [0.25, 0.3) is 11.1 Å². The molecule has 0 unspecified atom stereocenters. The monoisotopic (exact) mass is 420 g/mol. The molecule has 0 saturated heterocycles. The first-order chi connectivity index (χ1) is 12.3. The molecule has 0 spiro atoms. The van der Waals surface area contributed by atoms with Crippen molar-refractivity contribution in [2.75, 3.05) is 0 Å². The third-order valence-electron chi connectivity index (χ3n) is 4.25. The standard InChI is InChI=1S/C18H21BrN4O3/c1-8(2)26-13-6-5-11(19)7-12(13)16(14-9(3)20-22-17(14)24)15-10(4)21-23-18(15)25/h5-8,16H,1-4H3,(H2,20,22,24)(H2,21,23,25). The summed E-state index contributed by atoms with van der Waals surface area (Å²) >= 11 is 3.49. The molecule has 0 aliphatic rings. The molecule has 0 aliphatic carbocycles. The van der Waals surface area contributed by atoms with E-state index < -0.39 is 5.92 Å². The molecule has 2 aromatic heterocycles. The van der Waals surface area contributed by atoms with Crippen molar-refractivity contribution in [2.45, 2.75) is 39.7 Å². The highest BCUT2D eigenvalue weighted by Gasteiger charge is 2.30. The highest BCUT2D eigenvalue weighted by molar-refractivity contribution is 9.10. The Hall–Kier alpha value is -2.48. The molecule has 138 valence electrons. The first-order valence-electron chi connectivity index (χ1n) is 8.30. The minimum Gasteiger partial charge on any atom is -0.491 e. The van der Waals surface area contributed by atoms with Gasteiger partial charge in [-0.15, -0.1) is 0 Å². The lowest BCUT2D eigenvalue weighted by Gasteiger charge is -2.21. The number of H-pyrrole nitrogens is 4. The normalized spacial score (nSPS) is 11.5. The first-order valence-corrected chi connectivity index (χ1v) is 9.09. The van der Waals surface area contributed by atoms with Gasteiger partial charge in [0.1, 0.15) is 5.75 Å². The molecule has 3 rings (SSSR count). The minimum absolute atomic E-state index is 0.0493. The Morgan fingerprint density at radius 2 is 1.46 bits per heavy atom. The number of nitrogens with one attached hydrogen (secondary N) is 4. The zero-order valence-electron chi connectivity index (χ0n) is 15.0. The van der Waals surface area contributed by atoms with Crippen molar-refractivity contribution in [1.82, 2.24) is 20.4 Å². The third-order valence-corrected chi connectivity index (χ3v) is 4.74. The van der Waals surface area contributed by atoms with E-state index in [2.05, 4.69) is 36.3 Å². The number of benzene rings is 1. The fraction of sp³-hybridized carbons (Fsp3) is 0.333. The third kappa shape index (κ3) is 3.29. The molecule has 2 heterocycles. The molecule has 7 nitrogen and oxygen atoms in total. The van der Waals surface area contributed by atoms with Gasteiger partial charge in [-0.1, -0.05) is 15.9 Å². The number of hydrogen-bond donors (Lipinski definition) is 4. The SMILES string of the molecule is Cc1[nH][nH]c(=O)c1C(c1cc(Br)ccc1OC(C)C)c1c(C)[nH][nH]c1=O. The van der Waals surface area contributed by atoms with Crippen LogP contribution in [0.15, 0.2) is 32.3 Å². The van der Waals surface area contributed by atoms with Gasteiger partial charge in [-0.25, -0.2) is 0 Å². The van der Waals surface area contributed by atoms with E-state index in [0.29, 0.717) is 28.3 Å². The Bertz CT molecular complexity index is 987. The number of aryl methyl sites for hydroxylation is 2. The summed E-state index contributed by atoms with van der Waals surface area (Å²) in [6.45, 7) is 7.47. The highest BCUT2D eigenvalue weighted by Crippen LogP contribution is 2.38. The number of hydrogen-bond acceptors (Lipinski definition) is 3. The predicted molar refractivity (Wildman–Crippen MR) is 103 cm³/mol. The minimum atomic E-state index is -0.578. The van der Waals surface area contributed by atoms with Crippen LogP contribution in [0.25, 0.3) is 0 Å². The summed E-state index contributed by atoms with van der Waals surface area (Å²) in [6, 6.07) is 5.61. The maximum atomic E-state index is 12.5. The summed E-state index contributed by atoms with van der Waals surface area (Å²) in [5.74, 6) is 0.0550. The fourth-order valence-corrected chi connectivity index (χ4v) is 3.55. The van der Waals surface area contributed by atoms with Crippen molar-refractivity contribution >= 4 is 15.9 Å². The van der Waals surface area contributed by atoms with Crippen LogP contribution in [-0.4, -0.2) is 26.5 Å². The molecular formula is C18H21BrN4O3. The maximum Gasteiger partial charge on any atom is 0.268 e. The predicted octanol–water partition coefficient (Wildman–Crippen LogP) is 3.07. The lowest BCUT2D eigenvalue weighted by Crippen LogP contribution is -2.21. The topological polar surface area (TPSA) is 107 Å². The number of rotatable bonds is 5. The van der Waals surface area contributed by atoms with Crippen LogP contribution in [0.5, 0.6) is 5.75 Å². The van der Waals surface area contributed by atoms with Gasteiger partial charge < -0.3 is 14.9 Å². The summed E-state index contributed by atoms with van der Waals surface area (Å²) in [4.78, 5) is 25.1. The Labute approximate surface area is 158 Å². The van der Waals surface area contributed by atoms with Crippen molar-refractivity contribution in [3.05, 3.63) is 71.5 Å². The molecule has 0 aliphatic heterocycles. The van der Waals surface area contributed by atoms with Gasteiger partial charge in [-0.3, -0.25) is 19.8 Å². The summed E-state index contributed by atoms with van der Waals surface area (Å²) in [5.41, 5.74) is 2.56. The van der Waals surface area contributed by atoms with E-state index >= 15 is 0 Å². The van der Waals surface area contributed by atoms with Gasteiger partial charge >= 0.3 is 0 Å². The van der Waals surface area contributed by atoms with Gasteiger partial charge in [0.15, 0.2) is 0 Å². The molecule has 0 radical (unpaired) electrons. The summed E-state index contributed by atoms with van der Waals surface area (Å²) in [6.07, 6.45) is -0.0493. The molecule has 26 heavy (non-hydrogen) atoms. The highest BCUT2D eigenvalue weighted by atomic mass is 79.9. The van der Waals surface area contributed by atoms with Crippen molar-refractivity contribution in [3.63, 3.8) is 0 Å². The second kappa shape index (κ2) is 7.03. The van der Waals surface area contributed by atoms with Gasteiger partial charge in [0.2, 0.25) is 0 Å². The molecule has 4 N–H and O–H groups in total. The van der Waals surface area contributed by atoms with Crippen LogP contribution >= 0.6 is 15.9 Å². The molecule has 8 heteroatoms. The zero-order chi connectivity index (χ0) is 19.0.